The maximum Gasteiger partial charge on any atom is 0.268 e. The molecule has 0 radical (unpaired) electrons. The molecule has 0 unspecified atom stereocenters. The van der Waals surface area contributed by atoms with Crippen LogP contribution >= 0.6 is 0 Å². The second-order valence-electron chi connectivity index (χ2n) is 5.74. The highest BCUT2D eigenvalue weighted by Crippen LogP contribution is 2.31. The Morgan fingerprint density at radius 2 is 2.13 bits per heavy atom. The van der Waals surface area contributed by atoms with Gasteiger partial charge in [0.1, 0.15) is 4.90 Å². The Labute approximate surface area is 135 Å². The summed E-state index contributed by atoms with van der Waals surface area (Å²) in [5, 5.41) is 3.20. The summed E-state index contributed by atoms with van der Waals surface area (Å²) < 4.78 is 25.7. The van der Waals surface area contributed by atoms with Gasteiger partial charge in [-0.2, -0.15) is 0 Å². The standard InChI is InChI=1S/C15H19N3O4S/c1-3-18-15(20)12-5-4-11(8-13(12)23(18,21)22)14(19)17-7-6-16-9-10(17)2/h4-5,8,10,16H,3,6-7,9H2,1-2H3/t10-/m1/s1. The highest BCUT2D eigenvalue weighted by molar-refractivity contribution is 7.90. The van der Waals surface area contributed by atoms with Crippen molar-refractivity contribution in [1.29, 1.82) is 0 Å². The number of nitrogens with one attached hydrogen (secondary N) is 1. The van der Waals surface area contributed by atoms with Gasteiger partial charge in [-0.15, -0.1) is 0 Å². The summed E-state index contributed by atoms with van der Waals surface area (Å²) in [6.07, 6.45) is 0. The van der Waals surface area contributed by atoms with E-state index in [2.05, 4.69) is 5.32 Å². The number of carbonyl (C=O) groups excluding carboxylic acids is 2. The SMILES string of the molecule is CCN1C(=O)c2ccc(C(=O)N3CCNC[C@H]3C)cc2S1(=O)=O. The summed E-state index contributed by atoms with van der Waals surface area (Å²) >= 11 is 0. The lowest BCUT2D eigenvalue weighted by Crippen LogP contribution is -2.52. The van der Waals surface area contributed by atoms with Crippen molar-refractivity contribution in [2.45, 2.75) is 24.8 Å². The molecule has 0 aliphatic carbocycles. The van der Waals surface area contributed by atoms with Crippen molar-refractivity contribution in [2.24, 2.45) is 0 Å². The Hall–Kier alpha value is -1.93. The van der Waals surface area contributed by atoms with Gasteiger partial charge < -0.3 is 10.2 Å². The molecule has 0 saturated carbocycles. The quantitative estimate of drug-likeness (QED) is 0.838. The molecule has 2 aliphatic rings. The average Bonchev–Trinajstić information content (AvgIpc) is 2.73. The van der Waals surface area contributed by atoms with E-state index >= 15 is 0 Å². The average molecular weight is 337 g/mol. The Bertz CT molecular complexity index is 775. The van der Waals surface area contributed by atoms with Crippen LogP contribution in [0.2, 0.25) is 0 Å². The molecule has 1 N–H and O–H groups in total. The van der Waals surface area contributed by atoms with Crippen LogP contribution in [0.1, 0.15) is 34.6 Å². The second-order valence-corrected chi connectivity index (χ2v) is 7.57. The molecule has 2 aliphatic heterocycles. The molecule has 1 fully saturated rings. The third-order valence-electron chi connectivity index (χ3n) is 4.30. The zero-order chi connectivity index (χ0) is 16.8. The van der Waals surface area contributed by atoms with Crippen LogP contribution in [0.25, 0.3) is 0 Å². The van der Waals surface area contributed by atoms with Gasteiger partial charge in [0.2, 0.25) is 0 Å². The minimum atomic E-state index is -3.85. The maximum absolute atomic E-state index is 12.7. The number of hydrogen-bond donors (Lipinski definition) is 1. The van der Waals surface area contributed by atoms with Crippen LogP contribution in [-0.2, 0) is 10.0 Å². The molecular formula is C15H19N3O4S. The number of piperazine rings is 1. The fourth-order valence-corrected chi connectivity index (χ4v) is 4.63. The Morgan fingerprint density at radius 3 is 2.78 bits per heavy atom. The summed E-state index contributed by atoms with van der Waals surface area (Å²) in [5.41, 5.74) is 0.434. The minimum Gasteiger partial charge on any atom is -0.333 e. The fourth-order valence-electron chi connectivity index (χ4n) is 3.03. The summed E-state index contributed by atoms with van der Waals surface area (Å²) in [7, 11) is -3.85. The predicted molar refractivity (Wildman–Crippen MR) is 83.7 cm³/mol. The maximum atomic E-state index is 12.7. The van der Waals surface area contributed by atoms with Crippen molar-refractivity contribution in [3.8, 4) is 0 Å². The lowest BCUT2D eigenvalue weighted by Gasteiger charge is -2.34. The molecule has 2 heterocycles. The van der Waals surface area contributed by atoms with Gasteiger partial charge in [0, 0.05) is 37.8 Å². The van der Waals surface area contributed by atoms with Gasteiger partial charge in [-0.05, 0) is 32.0 Å². The van der Waals surface area contributed by atoms with E-state index in [0.717, 1.165) is 4.31 Å². The van der Waals surface area contributed by atoms with Crippen molar-refractivity contribution in [3.63, 3.8) is 0 Å². The van der Waals surface area contributed by atoms with Gasteiger partial charge in [0.15, 0.2) is 0 Å². The molecule has 1 saturated heterocycles. The molecule has 0 bridgehead atoms. The van der Waals surface area contributed by atoms with Crippen LogP contribution in [0.3, 0.4) is 0 Å². The Morgan fingerprint density at radius 1 is 1.39 bits per heavy atom. The number of fused-ring (bicyclic) bond motifs is 1. The van der Waals surface area contributed by atoms with Crippen molar-refractivity contribution >= 4 is 21.8 Å². The topological polar surface area (TPSA) is 86.8 Å². The molecule has 2 amide bonds. The summed E-state index contributed by atoms with van der Waals surface area (Å²) in [4.78, 5) is 26.4. The van der Waals surface area contributed by atoms with Crippen LogP contribution in [0.5, 0.6) is 0 Å². The van der Waals surface area contributed by atoms with Crippen LogP contribution in [0.4, 0.5) is 0 Å². The monoisotopic (exact) mass is 337 g/mol. The first-order chi connectivity index (χ1) is 10.9. The minimum absolute atomic E-state index is 0.0369. The zero-order valence-corrected chi connectivity index (χ0v) is 13.9. The van der Waals surface area contributed by atoms with E-state index in [1.165, 1.54) is 18.2 Å². The molecule has 23 heavy (non-hydrogen) atoms. The lowest BCUT2D eigenvalue weighted by molar-refractivity contribution is 0.0655. The molecule has 3 rings (SSSR count). The van der Waals surface area contributed by atoms with Crippen LogP contribution in [0.15, 0.2) is 23.1 Å². The summed E-state index contributed by atoms with van der Waals surface area (Å²) in [5.74, 6) is -0.739. The van der Waals surface area contributed by atoms with Crippen LogP contribution < -0.4 is 5.32 Å². The number of benzene rings is 1. The van der Waals surface area contributed by atoms with E-state index in [1.54, 1.807) is 11.8 Å². The molecule has 8 heteroatoms. The molecule has 124 valence electrons. The van der Waals surface area contributed by atoms with Gasteiger partial charge in [0.25, 0.3) is 21.8 Å². The number of amides is 2. The molecule has 0 aromatic heterocycles. The van der Waals surface area contributed by atoms with Crippen molar-refractivity contribution in [1.82, 2.24) is 14.5 Å². The molecule has 7 nitrogen and oxygen atoms in total. The highest BCUT2D eigenvalue weighted by atomic mass is 32.2. The fraction of sp³-hybridized carbons (Fsp3) is 0.467. The normalized spacial score (nSPS) is 23.0. The van der Waals surface area contributed by atoms with Gasteiger partial charge in [-0.1, -0.05) is 0 Å². The van der Waals surface area contributed by atoms with Crippen molar-refractivity contribution in [2.75, 3.05) is 26.2 Å². The second kappa shape index (κ2) is 5.61. The van der Waals surface area contributed by atoms with Gasteiger partial charge in [-0.3, -0.25) is 9.59 Å². The molecule has 1 aromatic rings. The Balaban J connectivity index is 2.00. The largest absolute Gasteiger partial charge is 0.333 e. The van der Waals surface area contributed by atoms with Crippen LogP contribution in [0, 0.1) is 0 Å². The highest BCUT2D eigenvalue weighted by Gasteiger charge is 2.40. The first kappa shape index (κ1) is 15.9. The van der Waals surface area contributed by atoms with Gasteiger partial charge >= 0.3 is 0 Å². The molecule has 1 atom stereocenters. The number of sulfonamides is 1. The molecule has 0 spiro atoms. The summed E-state index contributed by atoms with van der Waals surface area (Å²) in [6.45, 7) is 5.61. The summed E-state index contributed by atoms with van der Waals surface area (Å²) in [6, 6.07) is 4.33. The molecule has 1 aromatic carbocycles. The molecular weight excluding hydrogens is 318 g/mol. The Kier molecular flexibility index (Phi) is 3.89. The third kappa shape index (κ3) is 2.42. The number of nitrogens with zero attached hydrogens (tertiary/aromatic N) is 2. The van der Waals surface area contributed by atoms with E-state index in [4.69, 9.17) is 0 Å². The zero-order valence-electron chi connectivity index (χ0n) is 13.1. The van der Waals surface area contributed by atoms with E-state index < -0.39 is 15.9 Å². The lowest BCUT2D eigenvalue weighted by atomic mass is 10.1. The van der Waals surface area contributed by atoms with E-state index in [-0.39, 0.29) is 29.0 Å². The van der Waals surface area contributed by atoms with Crippen molar-refractivity contribution < 1.29 is 18.0 Å². The van der Waals surface area contributed by atoms with E-state index in [0.29, 0.717) is 25.2 Å². The van der Waals surface area contributed by atoms with E-state index in [1.807, 2.05) is 6.92 Å². The van der Waals surface area contributed by atoms with Gasteiger partial charge in [-0.25, -0.2) is 12.7 Å². The van der Waals surface area contributed by atoms with Crippen LogP contribution in [-0.4, -0.2) is 61.7 Å². The third-order valence-corrected chi connectivity index (χ3v) is 6.20. The first-order valence-electron chi connectivity index (χ1n) is 7.60. The predicted octanol–water partition coefficient (Wildman–Crippen LogP) is 0.285. The first-order valence-corrected chi connectivity index (χ1v) is 9.04. The number of carbonyl (C=O) groups is 2. The van der Waals surface area contributed by atoms with E-state index in [9.17, 15) is 18.0 Å². The number of rotatable bonds is 2. The smallest absolute Gasteiger partial charge is 0.268 e. The van der Waals surface area contributed by atoms with Crippen molar-refractivity contribution in [3.05, 3.63) is 29.3 Å². The van der Waals surface area contributed by atoms with Gasteiger partial charge in [0.05, 0.1) is 5.56 Å². The number of hydrogen-bond acceptors (Lipinski definition) is 5.